The van der Waals surface area contributed by atoms with Crippen molar-refractivity contribution in [1.82, 2.24) is 4.98 Å². The first-order valence-corrected chi connectivity index (χ1v) is 9.20. The minimum Gasteiger partial charge on any atom is -0.342 e. The zero-order valence-corrected chi connectivity index (χ0v) is 15.4. The molecule has 4 heteroatoms. The van der Waals surface area contributed by atoms with Crippen LogP contribution >= 0.6 is 11.6 Å². The van der Waals surface area contributed by atoms with Crippen LogP contribution in [0.2, 0.25) is 5.02 Å². The van der Waals surface area contributed by atoms with Gasteiger partial charge in [-0.3, -0.25) is 4.98 Å². The van der Waals surface area contributed by atoms with E-state index in [1.54, 1.807) is 6.20 Å². The molecule has 0 radical (unpaired) electrons. The summed E-state index contributed by atoms with van der Waals surface area (Å²) >= 11 is 5.91. The molecule has 3 nitrogen and oxygen atoms in total. The van der Waals surface area contributed by atoms with Crippen LogP contribution in [0.3, 0.4) is 0 Å². The van der Waals surface area contributed by atoms with E-state index in [1.165, 1.54) is 0 Å². The molecule has 0 spiro atoms. The van der Waals surface area contributed by atoms with Gasteiger partial charge in [-0.25, -0.2) is 0 Å². The molecule has 0 aliphatic carbocycles. The van der Waals surface area contributed by atoms with E-state index in [1.807, 2.05) is 42.5 Å². The van der Waals surface area contributed by atoms with Gasteiger partial charge in [0.2, 0.25) is 6.29 Å². The van der Waals surface area contributed by atoms with Gasteiger partial charge in [0.15, 0.2) is 0 Å². The third-order valence-corrected chi connectivity index (χ3v) is 4.48. The lowest BCUT2D eigenvalue weighted by molar-refractivity contribution is -0.170. The number of hydrogen-bond donors (Lipinski definition) is 0. The van der Waals surface area contributed by atoms with E-state index in [0.29, 0.717) is 24.2 Å². The molecule has 0 saturated carbocycles. The predicted octanol–water partition coefficient (Wildman–Crippen LogP) is 5.10. The molecule has 2 aromatic rings. The van der Waals surface area contributed by atoms with Gasteiger partial charge in [0.1, 0.15) is 0 Å². The minimum absolute atomic E-state index is 0.452. The summed E-state index contributed by atoms with van der Waals surface area (Å²) < 4.78 is 11.4. The summed E-state index contributed by atoms with van der Waals surface area (Å²) in [4.78, 5) is 4.46. The highest BCUT2D eigenvalue weighted by Gasteiger charge is 2.20. The number of halogens is 1. The molecule has 0 unspecified atom stereocenters. The Morgan fingerprint density at radius 3 is 2.58 bits per heavy atom. The fourth-order valence-corrected chi connectivity index (χ4v) is 2.87. The molecule has 26 heavy (non-hydrogen) atoms. The number of unbranched alkanes of at least 4 members (excludes halogenated alkanes) is 1. The summed E-state index contributed by atoms with van der Waals surface area (Å²) in [5, 5.41) is 0.715. The van der Waals surface area contributed by atoms with Gasteiger partial charge in [-0.05, 0) is 49.4 Å². The van der Waals surface area contributed by atoms with Gasteiger partial charge in [-0.2, -0.15) is 0 Å². The van der Waals surface area contributed by atoms with Gasteiger partial charge in [0.05, 0.1) is 18.9 Å². The molecule has 3 rings (SSSR count). The molecule has 1 fully saturated rings. The molecule has 134 valence electrons. The molecule has 0 atom stereocenters. The minimum atomic E-state index is -0.457. The van der Waals surface area contributed by atoms with Gasteiger partial charge in [0.25, 0.3) is 0 Å². The van der Waals surface area contributed by atoms with Crippen LogP contribution in [0.15, 0.2) is 55.3 Å². The first-order chi connectivity index (χ1) is 12.7. The molecule has 1 aliphatic heterocycles. The van der Waals surface area contributed by atoms with Crippen LogP contribution in [0.5, 0.6) is 0 Å². The van der Waals surface area contributed by atoms with E-state index in [-0.39, 0.29) is 0 Å². The fraction of sp³-hybridized carbons (Fsp3) is 0.318. The number of allylic oxidation sites excluding steroid dienone is 1. The van der Waals surface area contributed by atoms with Gasteiger partial charge >= 0.3 is 0 Å². The van der Waals surface area contributed by atoms with Crippen molar-refractivity contribution >= 4 is 11.6 Å². The molecule has 0 bridgehead atoms. The number of nitrogens with zero attached hydrogens (tertiary/aromatic N) is 1. The summed E-state index contributed by atoms with van der Waals surface area (Å²) in [7, 11) is 0. The number of ether oxygens (including phenoxy) is 2. The first kappa shape index (κ1) is 18.7. The Kier molecular flexibility index (Phi) is 6.85. The SMILES string of the molecule is C=CCCCC1COC(C#Cc2ccc(-c3ccc(Cl)cc3)nc2)OC1. The Balaban J connectivity index is 1.52. The highest BCUT2D eigenvalue weighted by molar-refractivity contribution is 6.30. The molecule has 0 N–H and O–H groups in total. The van der Waals surface area contributed by atoms with Crippen LogP contribution in [0.1, 0.15) is 24.8 Å². The average molecular weight is 368 g/mol. The largest absolute Gasteiger partial charge is 0.342 e. The van der Waals surface area contributed by atoms with Gasteiger partial charge in [-0.1, -0.05) is 35.7 Å². The molecule has 1 aromatic carbocycles. The molecule has 0 amide bonds. The quantitative estimate of drug-likeness (QED) is 0.418. The normalized spacial score (nSPS) is 19.4. The summed E-state index contributed by atoms with van der Waals surface area (Å²) in [6.07, 6.45) is 6.52. The molecule has 1 aromatic heterocycles. The maximum atomic E-state index is 5.91. The Labute approximate surface area is 160 Å². The molecule has 1 saturated heterocycles. The Morgan fingerprint density at radius 2 is 1.92 bits per heavy atom. The summed E-state index contributed by atoms with van der Waals surface area (Å²) in [6.45, 7) is 5.14. The second kappa shape index (κ2) is 9.54. The zero-order valence-electron chi connectivity index (χ0n) is 14.7. The van der Waals surface area contributed by atoms with Crippen LogP contribution in [0, 0.1) is 17.8 Å². The summed E-state index contributed by atoms with van der Waals surface area (Å²) in [6, 6.07) is 11.5. The van der Waals surface area contributed by atoms with Crippen molar-refractivity contribution in [2.45, 2.75) is 25.6 Å². The van der Waals surface area contributed by atoms with Gasteiger partial charge in [0, 0.05) is 28.3 Å². The maximum absolute atomic E-state index is 5.91. The average Bonchev–Trinajstić information content (AvgIpc) is 2.69. The second-order valence-electron chi connectivity index (χ2n) is 6.29. The Morgan fingerprint density at radius 1 is 1.15 bits per heavy atom. The van der Waals surface area contributed by atoms with Crippen LogP contribution in [-0.2, 0) is 9.47 Å². The van der Waals surface area contributed by atoms with Gasteiger partial charge < -0.3 is 9.47 Å². The first-order valence-electron chi connectivity index (χ1n) is 8.82. The number of pyridine rings is 1. The standard InChI is InChI=1S/C22H22ClNO2/c1-2-3-4-5-18-15-25-22(26-16-18)13-7-17-6-12-21(24-14-17)19-8-10-20(23)11-9-19/h2,6,8-12,14,18,22H,1,3-5,15-16H2. The number of benzene rings is 1. The molecular weight excluding hydrogens is 346 g/mol. The molecular formula is C22H22ClNO2. The lowest BCUT2D eigenvalue weighted by Gasteiger charge is -2.26. The summed E-state index contributed by atoms with van der Waals surface area (Å²) in [5.41, 5.74) is 2.75. The maximum Gasteiger partial charge on any atom is 0.222 e. The van der Waals surface area contributed by atoms with E-state index < -0.39 is 6.29 Å². The number of aromatic nitrogens is 1. The predicted molar refractivity (Wildman–Crippen MR) is 105 cm³/mol. The summed E-state index contributed by atoms with van der Waals surface area (Å²) in [5.74, 6) is 6.55. The molecule has 1 aliphatic rings. The van der Waals surface area contributed by atoms with Crippen molar-refractivity contribution in [3.63, 3.8) is 0 Å². The van der Waals surface area contributed by atoms with Crippen molar-refractivity contribution in [2.24, 2.45) is 5.92 Å². The fourth-order valence-electron chi connectivity index (χ4n) is 2.75. The van der Waals surface area contributed by atoms with E-state index in [4.69, 9.17) is 21.1 Å². The highest BCUT2D eigenvalue weighted by Crippen LogP contribution is 2.20. The second-order valence-corrected chi connectivity index (χ2v) is 6.73. The number of hydrogen-bond acceptors (Lipinski definition) is 3. The smallest absolute Gasteiger partial charge is 0.222 e. The lowest BCUT2D eigenvalue weighted by atomic mass is 10.0. The van der Waals surface area contributed by atoms with Crippen LogP contribution < -0.4 is 0 Å². The monoisotopic (exact) mass is 367 g/mol. The topological polar surface area (TPSA) is 31.4 Å². The van der Waals surface area contributed by atoms with Crippen molar-refractivity contribution in [1.29, 1.82) is 0 Å². The van der Waals surface area contributed by atoms with Crippen molar-refractivity contribution in [2.75, 3.05) is 13.2 Å². The van der Waals surface area contributed by atoms with Crippen molar-refractivity contribution < 1.29 is 9.47 Å². The van der Waals surface area contributed by atoms with E-state index >= 15 is 0 Å². The lowest BCUT2D eigenvalue weighted by Crippen LogP contribution is -2.31. The van der Waals surface area contributed by atoms with E-state index in [9.17, 15) is 0 Å². The Hall–Kier alpha value is -2.12. The Bertz CT molecular complexity index is 767. The van der Waals surface area contributed by atoms with Crippen LogP contribution in [0.25, 0.3) is 11.3 Å². The third-order valence-electron chi connectivity index (χ3n) is 4.23. The molecule has 2 heterocycles. The van der Waals surface area contributed by atoms with Crippen LogP contribution in [0.4, 0.5) is 0 Å². The highest BCUT2D eigenvalue weighted by atomic mass is 35.5. The van der Waals surface area contributed by atoms with E-state index in [0.717, 1.165) is 36.1 Å². The van der Waals surface area contributed by atoms with Gasteiger partial charge in [-0.15, -0.1) is 6.58 Å². The van der Waals surface area contributed by atoms with Crippen molar-refractivity contribution in [3.8, 4) is 23.1 Å². The number of rotatable bonds is 5. The third kappa shape index (κ3) is 5.44. The van der Waals surface area contributed by atoms with E-state index in [2.05, 4.69) is 23.4 Å². The van der Waals surface area contributed by atoms with Crippen LogP contribution in [-0.4, -0.2) is 24.5 Å². The van der Waals surface area contributed by atoms with Crippen molar-refractivity contribution in [3.05, 3.63) is 65.8 Å². The zero-order chi connectivity index (χ0) is 18.2.